The van der Waals surface area contributed by atoms with E-state index in [1.807, 2.05) is 35.7 Å². The van der Waals surface area contributed by atoms with Crippen molar-refractivity contribution in [2.45, 2.75) is 0 Å². The van der Waals surface area contributed by atoms with Gasteiger partial charge in [0.1, 0.15) is 5.65 Å². The number of fused-ring (bicyclic) bond motifs is 10. The Morgan fingerprint density at radius 1 is 0.615 bits per heavy atom. The SMILES string of the molecule is c1ccc2c(c1)sc1c2ccc2ccc3c4ccccc4n(-c4ccc(-c5cn6ccccc6n5)cc4)c3c21. The molecule has 0 bridgehead atoms. The van der Waals surface area contributed by atoms with Gasteiger partial charge in [-0.15, -0.1) is 11.3 Å². The van der Waals surface area contributed by atoms with Crippen molar-refractivity contribution >= 4 is 69.7 Å². The number of aromatic nitrogens is 3. The van der Waals surface area contributed by atoms with Gasteiger partial charge in [-0.05, 0) is 41.8 Å². The first-order valence-electron chi connectivity index (χ1n) is 13.1. The van der Waals surface area contributed by atoms with Crippen LogP contribution in [0, 0.1) is 0 Å². The number of para-hydroxylation sites is 1. The average Bonchev–Trinajstić information content (AvgIpc) is 3.69. The summed E-state index contributed by atoms with van der Waals surface area (Å²) in [6.45, 7) is 0. The highest BCUT2D eigenvalue weighted by molar-refractivity contribution is 7.26. The van der Waals surface area contributed by atoms with Crippen molar-refractivity contribution in [1.29, 1.82) is 0 Å². The zero-order valence-corrected chi connectivity index (χ0v) is 21.7. The molecule has 0 saturated heterocycles. The first-order chi connectivity index (χ1) is 19.3. The minimum atomic E-state index is 0.956. The zero-order chi connectivity index (χ0) is 25.5. The van der Waals surface area contributed by atoms with E-state index in [4.69, 9.17) is 4.98 Å². The van der Waals surface area contributed by atoms with Crippen molar-refractivity contribution in [3.8, 4) is 16.9 Å². The molecule has 0 radical (unpaired) electrons. The number of thiophene rings is 1. The normalized spacial score (nSPS) is 12.1. The Labute approximate surface area is 227 Å². The molecular weight excluding hydrogens is 494 g/mol. The van der Waals surface area contributed by atoms with Crippen molar-refractivity contribution in [3.63, 3.8) is 0 Å². The van der Waals surface area contributed by atoms with Crippen molar-refractivity contribution in [2.75, 3.05) is 0 Å². The van der Waals surface area contributed by atoms with E-state index in [-0.39, 0.29) is 0 Å². The Morgan fingerprint density at radius 3 is 2.26 bits per heavy atom. The van der Waals surface area contributed by atoms with Gasteiger partial charge < -0.3 is 8.97 Å². The maximum Gasteiger partial charge on any atom is 0.137 e. The van der Waals surface area contributed by atoms with Crippen LogP contribution in [0.15, 0.2) is 128 Å². The van der Waals surface area contributed by atoms with E-state index in [9.17, 15) is 0 Å². The Bertz CT molecular complexity index is 2350. The monoisotopic (exact) mass is 515 g/mol. The molecule has 0 unspecified atom stereocenters. The maximum atomic E-state index is 4.83. The molecule has 0 atom stereocenters. The van der Waals surface area contributed by atoms with Gasteiger partial charge in [0.05, 0.1) is 16.7 Å². The van der Waals surface area contributed by atoms with Gasteiger partial charge in [0, 0.05) is 60.0 Å². The summed E-state index contributed by atoms with van der Waals surface area (Å²) in [5, 5.41) is 7.81. The molecule has 4 heterocycles. The van der Waals surface area contributed by atoms with Gasteiger partial charge in [-0.2, -0.15) is 0 Å². The number of nitrogens with zero attached hydrogens (tertiary/aromatic N) is 3. The summed E-state index contributed by atoms with van der Waals surface area (Å²) >= 11 is 1.90. The minimum Gasteiger partial charge on any atom is -0.309 e. The van der Waals surface area contributed by atoms with Crippen LogP contribution < -0.4 is 0 Å². The third-order valence-electron chi connectivity index (χ3n) is 7.94. The van der Waals surface area contributed by atoms with Crippen LogP contribution in [0.1, 0.15) is 0 Å². The Balaban J connectivity index is 1.36. The Hall–Kier alpha value is -4.93. The molecule has 0 spiro atoms. The van der Waals surface area contributed by atoms with Gasteiger partial charge in [0.2, 0.25) is 0 Å². The summed E-state index contributed by atoms with van der Waals surface area (Å²) in [6, 6.07) is 41.6. The average molecular weight is 516 g/mol. The smallest absolute Gasteiger partial charge is 0.137 e. The fourth-order valence-corrected chi connectivity index (χ4v) is 7.42. The maximum absolute atomic E-state index is 4.83. The van der Waals surface area contributed by atoms with Crippen LogP contribution >= 0.6 is 11.3 Å². The van der Waals surface area contributed by atoms with Crippen LogP contribution in [0.2, 0.25) is 0 Å². The van der Waals surface area contributed by atoms with E-state index < -0.39 is 0 Å². The summed E-state index contributed by atoms with van der Waals surface area (Å²) in [6.07, 6.45) is 4.13. The van der Waals surface area contributed by atoms with E-state index >= 15 is 0 Å². The lowest BCUT2D eigenvalue weighted by Gasteiger charge is -2.11. The Morgan fingerprint density at radius 2 is 1.38 bits per heavy atom. The molecule has 9 rings (SSSR count). The van der Waals surface area contributed by atoms with Crippen molar-refractivity contribution in [2.24, 2.45) is 0 Å². The largest absolute Gasteiger partial charge is 0.309 e. The van der Waals surface area contributed by atoms with Gasteiger partial charge in [0.15, 0.2) is 0 Å². The van der Waals surface area contributed by atoms with Gasteiger partial charge >= 0.3 is 0 Å². The number of hydrogen-bond donors (Lipinski definition) is 0. The van der Waals surface area contributed by atoms with Crippen LogP contribution in [-0.4, -0.2) is 14.0 Å². The standard InChI is InChI=1S/C35H21N3S/c1-3-9-30-25(7-1)27-18-14-23-15-19-28-26-8-2-4-10-31(26)39-35(28)33(23)34(27)38(30)24-16-12-22(13-17-24)29-21-37-20-6-5-11-32(37)36-29/h1-21H. The second-order valence-electron chi connectivity index (χ2n) is 10.1. The predicted octanol–water partition coefficient (Wildman–Crippen LogP) is 9.62. The van der Waals surface area contributed by atoms with Gasteiger partial charge in [-0.3, -0.25) is 0 Å². The lowest BCUT2D eigenvalue weighted by atomic mass is 10.0. The van der Waals surface area contributed by atoms with Crippen LogP contribution in [-0.2, 0) is 0 Å². The van der Waals surface area contributed by atoms with E-state index in [0.29, 0.717) is 0 Å². The molecule has 4 aromatic heterocycles. The summed E-state index contributed by atoms with van der Waals surface area (Å²) in [4.78, 5) is 4.83. The van der Waals surface area contributed by atoms with Gasteiger partial charge in [0.25, 0.3) is 0 Å². The van der Waals surface area contributed by atoms with Crippen LogP contribution in [0.25, 0.3) is 75.3 Å². The summed E-state index contributed by atoms with van der Waals surface area (Å²) in [7, 11) is 0. The lowest BCUT2D eigenvalue weighted by Crippen LogP contribution is -1.94. The molecule has 9 aromatic rings. The third kappa shape index (κ3) is 2.95. The van der Waals surface area contributed by atoms with Gasteiger partial charge in [-0.1, -0.05) is 78.9 Å². The van der Waals surface area contributed by atoms with Crippen LogP contribution in [0.5, 0.6) is 0 Å². The molecule has 0 amide bonds. The highest BCUT2D eigenvalue weighted by Gasteiger charge is 2.18. The number of pyridine rings is 1. The van der Waals surface area contributed by atoms with Crippen LogP contribution in [0.3, 0.4) is 0 Å². The van der Waals surface area contributed by atoms with Gasteiger partial charge in [-0.25, -0.2) is 4.98 Å². The van der Waals surface area contributed by atoms with Crippen molar-refractivity contribution in [3.05, 3.63) is 128 Å². The second kappa shape index (κ2) is 7.79. The predicted molar refractivity (Wildman–Crippen MR) is 165 cm³/mol. The number of benzene rings is 5. The minimum absolute atomic E-state index is 0.956. The molecule has 182 valence electrons. The molecule has 0 aliphatic heterocycles. The molecule has 0 saturated carbocycles. The number of imidazole rings is 1. The topological polar surface area (TPSA) is 22.2 Å². The number of hydrogen-bond acceptors (Lipinski definition) is 2. The van der Waals surface area contributed by atoms with E-state index in [0.717, 1.165) is 22.6 Å². The summed E-state index contributed by atoms with van der Waals surface area (Å²) in [5.74, 6) is 0. The highest BCUT2D eigenvalue weighted by Crippen LogP contribution is 2.44. The zero-order valence-electron chi connectivity index (χ0n) is 20.9. The molecule has 3 nitrogen and oxygen atoms in total. The lowest BCUT2D eigenvalue weighted by molar-refractivity contribution is 1.18. The fraction of sp³-hybridized carbons (Fsp3) is 0. The molecule has 39 heavy (non-hydrogen) atoms. The fourth-order valence-electron chi connectivity index (χ4n) is 6.16. The van der Waals surface area contributed by atoms with Crippen LogP contribution in [0.4, 0.5) is 0 Å². The molecule has 4 heteroatoms. The number of rotatable bonds is 2. The molecular formula is C35H21N3S. The first-order valence-corrected chi connectivity index (χ1v) is 14.0. The Kier molecular flexibility index (Phi) is 4.21. The molecule has 0 N–H and O–H groups in total. The molecule has 5 aromatic carbocycles. The summed E-state index contributed by atoms with van der Waals surface area (Å²) in [5.41, 5.74) is 6.69. The van der Waals surface area contributed by atoms with E-state index in [1.54, 1.807) is 0 Å². The van der Waals surface area contributed by atoms with E-state index in [2.05, 4.69) is 112 Å². The quantitative estimate of drug-likeness (QED) is 0.225. The molecule has 0 fully saturated rings. The third-order valence-corrected chi connectivity index (χ3v) is 9.15. The second-order valence-corrected chi connectivity index (χ2v) is 11.1. The van der Waals surface area contributed by atoms with E-state index in [1.165, 1.54) is 52.8 Å². The highest BCUT2D eigenvalue weighted by atomic mass is 32.1. The first kappa shape index (κ1) is 21.1. The van der Waals surface area contributed by atoms with Crippen molar-refractivity contribution in [1.82, 2.24) is 14.0 Å². The van der Waals surface area contributed by atoms with Crippen molar-refractivity contribution < 1.29 is 0 Å². The molecule has 0 aliphatic carbocycles. The summed E-state index contributed by atoms with van der Waals surface area (Å²) < 4.78 is 7.20. The molecule has 0 aliphatic rings.